The highest BCUT2D eigenvalue weighted by atomic mass is 16.5. The number of aryl methyl sites for hydroxylation is 1. The van der Waals surface area contributed by atoms with Gasteiger partial charge in [0.1, 0.15) is 5.75 Å². The normalized spacial score (nSPS) is 11.7. The number of carbonyl (C=O) groups excluding carboxylic acids is 1. The predicted molar refractivity (Wildman–Crippen MR) is 66.5 cm³/mol. The minimum Gasteiger partial charge on any atom is -0.484 e. The van der Waals surface area contributed by atoms with E-state index < -0.39 is 11.9 Å². The molecule has 0 radical (unpaired) electrons. The van der Waals surface area contributed by atoms with Crippen molar-refractivity contribution in [1.82, 2.24) is 5.32 Å². The van der Waals surface area contributed by atoms with Gasteiger partial charge >= 0.3 is 5.97 Å². The van der Waals surface area contributed by atoms with Crippen LogP contribution in [0.5, 0.6) is 5.75 Å². The first-order chi connectivity index (χ1) is 8.49. The number of benzene rings is 1. The molecular weight excluding hydrogens is 234 g/mol. The highest BCUT2D eigenvalue weighted by molar-refractivity contribution is 5.78. The standard InChI is InChI=1S/C13H17NO4/c1-9-3-5-11(6-4-9)18-8-12(15)14-7-10(2)13(16)17/h3-6,10H,7-8H2,1-2H3,(H,14,15)(H,16,17). The van der Waals surface area contributed by atoms with Gasteiger partial charge in [-0.05, 0) is 19.1 Å². The van der Waals surface area contributed by atoms with Crippen LogP contribution in [0.4, 0.5) is 0 Å². The molecule has 5 heteroatoms. The second kappa shape index (κ2) is 6.64. The molecular formula is C13H17NO4. The molecule has 0 bridgehead atoms. The SMILES string of the molecule is Cc1ccc(OCC(=O)NCC(C)C(=O)O)cc1. The van der Waals surface area contributed by atoms with Crippen LogP contribution in [0.1, 0.15) is 12.5 Å². The van der Waals surface area contributed by atoms with E-state index >= 15 is 0 Å². The van der Waals surface area contributed by atoms with E-state index in [1.54, 1.807) is 12.1 Å². The Morgan fingerprint density at radius 3 is 2.50 bits per heavy atom. The Morgan fingerprint density at radius 1 is 1.33 bits per heavy atom. The number of carboxylic acids is 1. The topological polar surface area (TPSA) is 75.6 Å². The van der Waals surface area contributed by atoms with Crippen LogP contribution < -0.4 is 10.1 Å². The number of hydrogen-bond acceptors (Lipinski definition) is 3. The Balaban J connectivity index is 2.29. The number of hydrogen-bond donors (Lipinski definition) is 2. The van der Waals surface area contributed by atoms with Crippen molar-refractivity contribution in [3.63, 3.8) is 0 Å². The summed E-state index contributed by atoms with van der Waals surface area (Å²) < 4.78 is 5.26. The fraction of sp³-hybridized carbons (Fsp3) is 0.385. The molecule has 0 aliphatic carbocycles. The lowest BCUT2D eigenvalue weighted by atomic mass is 10.2. The molecule has 1 amide bonds. The molecule has 1 unspecified atom stereocenters. The first-order valence-electron chi connectivity index (χ1n) is 5.68. The maximum atomic E-state index is 11.4. The summed E-state index contributed by atoms with van der Waals surface area (Å²) in [6.45, 7) is 3.48. The van der Waals surface area contributed by atoms with Crippen LogP contribution in [0.2, 0.25) is 0 Å². The number of nitrogens with one attached hydrogen (secondary N) is 1. The zero-order valence-corrected chi connectivity index (χ0v) is 10.5. The predicted octanol–water partition coefficient (Wildman–Crippen LogP) is 1.21. The Hall–Kier alpha value is -2.04. The van der Waals surface area contributed by atoms with Crippen LogP contribution in [-0.2, 0) is 9.59 Å². The number of carboxylic acid groups (broad SMARTS) is 1. The van der Waals surface area contributed by atoms with Crippen LogP contribution in [0, 0.1) is 12.8 Å². The highest BCUT2D eigenvalue weighted by Crippen LogP contribution is 2.10. The number of amides is 1. The van der Waals surface area contributed by atoms with Crippen molar-refractivity contribution in [2.45, 2.75) is 13.8 Å². The van der Waals surface area contributed by atoms with Gasteiger partial charge in [-0.1, -0.05) is 24.6 Å². The molecule has 1 aromatic rings. The number of aliphatic carboxylic acids is 1. The minimum absolute atomic E-state index is 0.103. The second-order valence-corrected chi connectivity index (χ2v) is 4.15. The van der Waals surface area contributed by atoms with Gasteiger partial charge in [-0.15, -0.1) is 0 Å². The lowest BCUT2D eigenvalue weighted by Crippen LogP contribution is -2.34. The maximum absolute atomic E-state index is 11.4. The van der Waals surface area contributed by atoms with E-state index in [4.69, 9.17) is 9.84 Å². The van der Waals surface area contributed by atoms with Crippen molar-refractivity contribution in [3.8, 4) is 5.75 Å². The molecule has 1 rings (SSSR count). The van der Waals surface area contributed by atoms with Gasteiger partial charge in [0.2, 0.25) is 0 Å². The molecule has 1 atom stereocenters. The van der Waals surface area contributed by atoms with Crippen molar-refractivity contribution in [1.29, 1.82) is 0 Å². The average Bonchev–Trinajstić information content (AvgIpc) is 2.35. The van der Waals surface area contributed by atoms with Gasteiger partial charge < -0.3 is 15.2 Å². The van der Waals surface area contributed by atoms with E-state index in [0.717, 1.165) is 5.56 Å². The van der Waals surface area contributed by atoms with Crippen LogP contribution >= 0.6 is 0 Å². The molecule has 5 nitrogen and oxygen atoms in total. The van der Waals surface area contributed by atoms with E-state index in [9.17, 15) is 9.59 Å². The van der Waals surface area contributed by atoms with E-state index in [0.29, 0.717) is 5.75 Å². The Bertz CT molecular complexity index is 414. The average molecular weight is 251 g/mol. The summed E-state index contributed by atoms with van der Waals surface area (Å²) in [7, 11) is 0. The van der Waals surface area contributed by atoms with Gasteiger partial charge in [0.05, 0.1) is 5.92 Å². The van der Waals surface area contributed by atoms with Crippen molar-refractivity contribution in [2.75, 3.05) is 13.2 Å². The van der Waals surface area contributed by atoms with E-state index in [-0.39, 0.29) is 19.1 Å². The van der Waals surface area contributed by atoms with Crippen molar-refractivity contribution in [3.05, 3.63) is 29.8 Å². The zero-order chi connectivity index (χ0) is 13.5. The lowest BCUT2D eigenvalue weighted by Gasteiger charge is -2.09. The van der Waals surface area contributed by atoms with E-state index in [2.05, 4.69) is 5.32 Å². The quantitative estimate of drug-likeness (QED) is 0.796. The first kappa shape index (κ1) is 14.0. The molecule has 0 saturated carbocycles. The molecule has 0 fully saturated rings. The lowest BCUT2D eigenvalue weighted by molar-refractivity contribution is -0.141. The summed E-state index contributed by atoms with van der Waals surface area (Å²) in [5, 5.41) is 11.1. The smallest absolute Gasteiger partial charge is 0.308 e. The third-order valence-electron chi connectivity index (χ3n) is 2.42. The molecule has 0 spiro atoms. The van der Waals surface area contributed by atoms with E-state index in [1.165, 1.54) is 6.92 Å². The molecule has 0 heterocycles. The number of rotatable bonds is 6. The summed E-state index contributed by atoms with van der Waals surface area (Å²) >= 11 is 0. The molecule has 2 N–H and O–H groups in total. The fourth-order valence-corrected chi connectivity index (χ4v) is 1.19. The van der Waals surface area contributed by atoms with Crippen molar-refractivity contribution < 1.29 is 19.4 Å². The first-order valence-corrected chi connectivity index (χ1v) is 5.68. The third kappa shape index (κ3) is 4.86. The molecule has 0 saturated heterocycles. The Kier molecular flexibility index (Phi) is 5.17. The van der Waals surface area contributed by atoms with Gasteiger partial charge in [-0.3, -0.25) is 9.59 Å². The van der Waals surface area contributed by atoms with Gasteiger partial charge in [0, 0.05) is 6.54 Å². The van der Waals surface area contributed by atoms with Gasteiger partial charge in [0.25, 0.3) is 5.91 Å². The monoisotopic (exact) mass is 251 g/mol. The van der Waals surface area contributed by atoms with Crippen molar-refractivity contribution >= 4 is 11.9 Å². The second-order valence-electron chi connectivity index (χ2n) is 4.15. The summed E-state index contributed by atoms with van der Waals surface area (Å²) in [5.74, 6) is -1.26. The van der Waals surface area contributed by atoms with Crippen LogP contribution in [0.3, 0.4) is 0 Å². The maximum Gasteiger partial charge on any atom is 0.308 e. The summed E-state index contributed by atoms with van der Waals surface area (Å²) in [4.78, 5) is 21.9. The largest absolute Gasteiger partial charge is 0.484 e. The number of ether oxygens (including phenoxy) is 1. The van der Waals surface area contributed by atoms with E-state index in [1.807, 2.05) is 19.1 Å². The zero-order valence-electron chi connectivity index (χ0n) is 10.5. The van der Waals surface area contributed by atoms with Crippen LogP contribution in [0.15, 0.2) is 24.3 Å². The number of carbonyl (C=O) groups is 2. The molecule has 0 aliphatic rings. The van der Waals surface area contributed by atoms with Crippen LogP contribution in [0.25, 0.3) is 0 Å². The summed E-state index contributed by atoms with van der Waals surface area (Å²) in [6.07, 6.45) is 0. The molecule has 0 aliphatic heterocycles. The van der Waals surface area contributed by atoms with Gasteiger partial charge in [-0.25, -0.2) is 0 Å². The molecule has 0 aromatic heterocycles. The highest BCUT2D eigenvalue weighted by Gasteiger charge is 2.12. The molecule has 1 aromatic carbocycles. The fourth-order valence-electron chi connectivity index (χ4n) is 1.19. The van der Waals surface area contributed by atoms with Crippen LogP contribution in [-0.4, -0.2) is 30.1 Å². The summed E-state index contributed by atoms with van der Waals surface area (Å²) in [6, 6.07) is 7.34. The molecule has 98 valence electrons. The third-order valence-corrected chi connectivity index (χ3v) is 2.42. The van der Waals surface area contributed by atoms with Gasteiger partial charge in [-0.2, -0.15) is 0 Å². The Labute approximate surface area is 106 Å². The summed E-state index contributed by atoms with van der Waals surface area (Å²) in [5.41, 5.74) is 1.11. The Morgan fingerprint density at radius 2 is 1.94 bits per heavy atom. The molecule has 18 heavy (non-hydrogen) atoms. The minimum atomic E-state index is -0.935. The van der Waals surface area contributed by atoms with Crippen molar-refractivity contribution in [2.24, 2.45) is 5.92 Å². The van der Waals surface area contributed by atoms with Gasteiger partial charge in [0.15, 0.2) is 6.61 Å².